The van der Waals surface area contributed by atoms with Crippen LogP contribution in [-0.2, 0) is 4.74 Å². The van der Waals surface area contributed by atoms with Gasteiger partial charge in [0.05, 0.1) is 32.1 Å². The molecule has 1 aliphatic heterocycles. The van der Waals surface area contributed by atoms with Crippen LogP contribution in [0.15, 0.2) is 6.20 Å². The molecular formula is C9H14ClN5O2. The Hall–Kier alpha value is -1.15. The summed E-state index contributed by atoms with van der Waals surface area (Å²) in [6.07, 6.45) is 1.48. The van der Waals surface area contributed by atoms with Crippen LogP contribution in [-0.4, -0.2) is 47.5 Å². The van der Waals surface area contributed by atoms with Gasteiger partial charge in [-0.2, -0.15) is 4.98 Å². The molecule has 0 amide bonds. The number of nitrogens with zero attached hydrogens (tertiary/aromatic N) is 3. The normalized spacial score (nSPS) is 20.4. The van der Waals surface area contributed by atoms with Crippen LogP contribution in [0, 0.1) is 0 Å². The fourth-order valence-electron chi connectivity index (χ4n) is 1.71. The standard InChI is InChI=1S/C9H14ClN5O2/c10-7-3-12-9(14-11)13-8(7)15-1-2-17-5-6(15)4-16/h3,6,16H,1-2,4-5,11H2,(H,12,13,14). The van der Waals surface area contributed by atoms with Gasteiger partial charge in [0, 0.05) is 6.54 Å². The minimum atomic E-state index is -0.151. The molecule has 8 heteroatoms. The van der Waals surface area contributed by atoms with E-state index in [0.717, 1.165) is 0 Å². The number of rotatable bonds is 3. The highest BCUT2D eigenvalue weighted by molar-refractivity contribution is 6.32. The molecule has 1 fully saturated rings. The number of hydrogen-bond donors (Lipinski definition) is 3. The molecule has 1 unspecified atom stereocenters. The number of aliphatic hydroxyl groups excluding tert-OH is 1. The fourth-order valence-corrected chi connectivity index (χ4v) is 1.91. The number of nitrogens with one attached hydrogen (secondary N) is 1. The lowest BCUT2D eigenvalue weighted by Gasteiger charge is -2.35. The Labute approximate surface area is 104 Å². The summed E-state index contributed by atoms with van der Waals surface area (Å²) in [6, 6.07) is -0.151. The Morgan fingerprint density at radius 3 is 3.24 bits per heavy atom. The summed E-state index contributed by atoms with van der Waals surface area (Å²) in [6.45, 7) is 1.61. The molecule has 4 N–H and O–H groups in total. The summed E-state index contributed by atoms with van der Waals surface area (Å²) < 4.78 is 5.29. The van der Waals surface area contributed by atoms with Crippen LogP contribution < -0.4 is 16.2 Å². The van der Waals surface area contributed by atoms with Crippen molar-refractivity contribution in [3.63, 3.8) is 0 Å². The highest BCUT2D eigenvalue weighted by atomic mass is 35.5. The molecule has 0 bridgehead atoms. The van der Waals surface area contributed by atoms with Gasteiger partial charge in [0.15, 0.2) is 5.82 Å². The lowest BCUT2D eigenvalue weighted by atomic mass is 10.2. The Morgan fingerprint density at radius 2 is 2.53 bits per heavy atom. The number of hydrogen-bond acceptors (Lipinski definition) is 7. The molecule has 0 saturated carbocycles. The molecule has 2 rings (SSSR count). The van der Waals surface area contributed by atoms with Gasteiger partial charge in [0.2, 0.25) is 5.95 Å². The number of morpholine rings is 1. The van der Waals surface area contributed by atoms with Gasteiger partial charge >= 0.3 is 0 Å². The predicted molar refractivity (Wildman–Crippen MR) is 63.9 cm³/mol. The van der Waals surface area contributed by atoms with Crippen LogP contribution in [0.3, 0.4) is 0 Å². The largest absolute Gasteiger partial charge is 0.394 e. The molecule has 1 atom stereocenters. The number of aromatic nitrogens is 2. The van der Waals surface area contributed by atoms with E-state index in [4.69, 9.17) is 22.2 Å². The summed E-state index contributed by atoms with van der Waals surface area (Å²) in [5.41, 5.74) is 2.37. The van der Waals surface area contributed by atoms with Crippen molar-refractivity contribution in [2.75, 3.05) is 36.7 Å². The van der Waals surface area contributed by atoms with Crippen molar-refractivity contribution in [3.05, 3.63) is 11.2 Å². The molecule has 0 aliphatic carbocycles. The smallest absolute Gasteiger partial charge is 0.239 e. The maximum Gasteiger partial charge on any atom is 0.239 e. The molecule has 1 aromatic heterocycles. The maximum atomic E-state index is 9.29. The molecule has 0 aromatic carbocycles. The van der Waals surface area contributed by atoms with E-state index >= 15 is 0 Å². The number of ether oxygens (including phenoxy) is 1. The van der Waals surface area contributed by atoms with Crippen molar-refractivity contribution < 1.29 is 9.84 Å². The van der Waals surface area contributed by atoms with Crippen molar-refractivity contribution >= 4 is 23.4 Å². The summed E-state index contributed by atoms with van der Waals surface area (Å²) in [4.78, 5) is 9.99. The van der Waals surface area contributed by atoms with E-state index < -0.39 is 0 Å². The van der Waals surface area contributed by atoms with Crippen LogP contribution in [0.25, 0.3) is 0 Å². The summed E-state index contributed by atoms with van der Waals surface area (Å²) in [5.74, 6) is 6.09. The second kappa shape index (κ2) is 5.46. The van der Waals surface area contributed by atoms with Crippen molar-refractivity contribution in [3.8, 4) is 0 Å². The Bertz CT molecular complexity index is 392. The second-order valence-electron chi connectivity index (χ2n) is 3.61. The fraction of sp³-hybridized carbons (Fsp3) is 0.556. The summed E-state index contributed by atoms with van der Waals surface area (Å²) in [5, 5.41) is 9.71. The number of aliphatic hydroxyl groups is 1. The summed E-state index contributed by atoms with van der Waals surface area (Å²) >= 11 is 6.05. The van der Waals surface area contributed by atoms with Gasteiger partial charge in [-0.1, -0.05) is 11.6 Å². The van der Waals surface area contributed by atoms with Crippen molar-refractivity contribution in [1.82, 2.24) is 9.97 Å². The summed E-state index contributed by atoms with van der Waals surface area (Å²) in [7, 11) is 0. The zero-order chi connectivity index (χ0) is 12.3. The van der Waals surface area contributed by atoms with E-state index in [-0.39, 0.29) is 18.6 Å². The zero-order valence-corrected chi connectivity index (χ0v) is 9.89. The van der Waals surface area contributed by atoms with Gasteiger partial charge in [-0.05, 0) is 0 Å². The highest BCUT2D eigenvalue weighted by Gasteiger charge is 2.25. The van der Waals surface area contributed by atoms with Crippen LogP contribution >= 0.6 is 11.6 Å². The minimum Gasteiger partial charge on any atom is -0.394 e. The topological polar surface area (TPSA) is 96.5 Å². The average molecular weight is 260 g/mol. The number of halogens is 1. The minimum absolute atomic E-state index is 0.0221. The number of hydrazine groups is 1. The van der Waals surface area contributed by atoms with Crippen molar-refractivity contribution in [1.29, 1.82) is 0 Å². The van der Waals surface area contributed by atoms with Crippen LogP contribution in [0.4, 0.5) is 11.8 Å². The molecule has 0 spiro atoms. The van der Waals surface area contributed by atoms with Gasteiger partial charge < -0.3 is 14.7 Å². The first-order valence-electron chi connectivity index (χ1n) is 5.20. The first-order chi connectivity index (χ1) is 8.26. The molecule has 94 valence electrons. The molecule has 1 aliphatic rings. The first kappa shape index (κ1) is 12.3. The Balaban J connectivity index is 2.30. The lowest BCUT2D eigenvalue weighted by molar-refractivity contribution is 0.0723. The second-order valence-corrected chi connectivity index (χ2v) is 4.02. The molecular weight excluding hydrogens is 246 g/mol. The molecule has 17 heavy (non-hydrogen) atoms. The highest BCUT2D eigenvalue weighted by Crippen LogP contribution is 2.26. The predicted octanol–water partition coefficient (Wildman–Crippen LogP) is -0.387. The van der Waals surface area contributed by atoms with Gasteiger partial charge in [0.1, 0.15) is 5.02 Å². The molecule has 1 saturated heterocycles. The SMILES string of the molecule is NNc1ncc(Cl)c(N2CCOCC2CO)n1. The van der Waals surface area contributed by atoms with Gasteiger partial charge in [-0.3, -0.25) is 5.43 Å². The third-order valence-electron chi connectivity index (χ3n) is 2.57. The van der Waals surface area contributed by atoms with Crippen LogP contribution in [0.1, 0.15) is 0 Å². The average Bonchev–Trinajstić information content (AvgIpc) is 2.39. The molecule has 7 nitrogen and oxygen atoms in total. The molecule has 2 heterocycles. The van der Waals surface area contributed by atoms with E-state index in [1.807, 2.05) is 4.90 Å². The van der Waals surface area contributed by atoms with Gasteiger partial charge in [-0.25, -0.2) is 10.8 Å². The molecule has 1 aromatic rings. The van der Waals surface area contributed by atoms with E-state index in [1.54, 1.807) is 0 Å². The zero-order valence-electron chi connectivity index (χ0n) is 9.14. The number of nitrogens with two attached hydrogens (primary N) is 1. The van der Waals surface area contributed by atoms with E-state index in [0.29, 0.717) is 30.6 Å². The Morgan fingerprint density at radius 1 is 1.71 bits per heavy atom. The first-order valence-corrected chi connectivity index (χ1v) is 5.58. The Kier molecular flexibility index (Phi) is 3.95. The third-order valence-corrected chi connectivity index (χ3v) is 2.83. The van der Waals surface area contributed by atoms with E-state index in [1.165, 1.54) is 6.20 Å². The van der Waals surface area contributed by atoms with E-state index in [9.17, 15) is 5.11 Å². The van der Waals surface area contributed by atoms with Gasteiger partial charge in [0.25, 0.3) is 0 Å². The van der Waals surface area contributed by atoms with Crippen LogP contribution in [0.5, 0.6) is 0 Å². The monoisotopic (exact) mass is 259 g/mol. The van der Waals surface area contributed by atoms with Crippen molar-refractivity contribution in [2.24, 2.45) is 5.84 Å². The third kappa shape index (κ3) is 2.58. The number of nitrogen functional groups attached to an aromatic ring is 1. The lowest BCUT2D eigenvalue weighted by Crippen LogP contribution is -2.48. The van der Waals surface area contributed by atoms with E-state index in [2.05, 4.69) is 15.4 Å². The quantitative estimate of drug-likeness (QED) is 0.503. The van der Waals surface area contributed by atoms with Crippen molar-refractivity contribution in [2.45, 2.75) is 6.04 Å². The molecule has 0 radical (unpaired) electrons. The van der Waals surface area contributed by atoms with Crippen LogP contribution in [0.2, 0.25) is 5.02 Å². The maximum absolute atomic E-state index is 9.29. The van der Waals surface area contributed by atoms with Gasteiger partial charge in [-0.15, -0.1) is 0 Å². The number of anilines is 2.